The predicted molar refractivity (Wildman–Crippen MR) is 101 cm³/mol. The van der Waals surface area contributed by atoms with E-state index in [0.29, 0.717) is 11.3 Å². The number of allylic oxidation sites excluding steroid dienone is 2. The fourth-order valence-corrected chi connectivity index (χ4v) is 2.14. The molecule has 0 radical (unpaired) electrons. The number of carboxylic acids is 1. The predicted octanol–water partition coefficient (Wildman–Crippen LogP) is 4.38. The fourth-order valence-electron chi connectivity index (χ4n) is 2.14. The molecule has 0 atom stereocenters. The number of aliphatic carboxylic acids is 1. The number of rotatable bonds is 6. The van der Waals surface area contributed by atoms with Crippen molar-refractivity contribution in [2.75, 3.05) is 5.32 Å². The number of carbonyl (C=O) groups excluding carboxylic acids is 1. The molecule has 0 heterocycles. The molecule has 4 heteroatoms. The topological polar surface area (TPSA) is 66.4 Å². The average molecular weight is 333 g/mol. The van der Waals surface area contributed by atoms with E-state index in [1.807, 2.05) is 43.3 Å². The zero-order valence-corrected chi connectivity index (χ0v) is 13.8. The molecular formula is C21H19NO3. The number of carbonyl (C=O) groups is 2. The Kier molecular flexibility index (Phi) is 6.48. The molecule has 0 spiro atoms. The SMILES string of the molecule is CC(C=CC(=O)Nc1cccc(C=CC(=O)O)c1)=Cc1ccccc1. The molecule has 0 saturated carbocycles. The number of hydrogen-bond acceptors (Lipinski definition) is 2. The lowest BCUT2D eigenvalue weighted by molar-refractivity contribution is -0.131. The molecule has 0 aliphatic heterocycles. The summed E-state index contributed by atoms with van der Waals surface area (Å²) in [6.07, 6.45) is 7.73. The minimum Gasteiger partial charge on any atom is -0.478 e. The molecule has 2 aromatic rings. The summed E-state index contributed by atoms with van der Waals surface area (Å²) in [6.45, 7) is 1.92. The molecule has 4 nitrogen and oxygen atoms in total. The molecule has 0 aliphatic carbocycles. The quantitative estimate of drug-likeness (QED) is 0.609. The Hall–Kier alpha value is -3.40. The highest BCUT2D eigenvalue weighted by atomic mass is 16.4. The van der Waals surface area contributed by atoms with Crippen molar-refractivity contribution in [1.82, 2.24) is 0 Å². The van der Waals surface area contributed by atoms with Crippen molar-refractivity contribution in [2.24, 2.45) is 0 Å². The fraction of sp³-hybridized carbons (Fsp3) is 0.0476. The highest BCUT2D eigenvalue weighted by molar-refractivity contribution is 5.99. The first-order chi connectivity index (χ1) is 12.0. The number of amides is 1. The summed E-state index contributed by atoms with van der Waals surface area (Å²) in [4.78, 5) is 22.6. The lowest BCUT2D eigenvalue weighted by Gasteiger charge is -2.03. The standard InChI is InChI=1S/C21H19NO3/c1-16(14-17-6-3-2-4-7-17)10-12-20(23)22-19-9-5-8-18(15-19)11-13-21(24)25/h2-15H,1H3,(H,22,23)(H,24,25). The maximum Gasteiger partial charge on any atom is 0.328 e. The van der Waals surface area contributed by atoms with E-state index in [1.165, 1.54) is 12.2 Å². The molecule has 0 aromatic heterocycles. The molecule has 126 valence electrons. The Balaban J connectivity index is 1.99. The van der Waals surface area contributed by atoms with Gasteiger partial charge in [0, 0.05) is 17.8 Å². The lowest BCUT2D eigenvalue weighted by atomic mass is 10.1. The third-order valence-corrected chi connectivity index (χ3v) is 3.26. The smallest absolute Gasteiger partial charge is 0.328 e. The maximum atomic E-state index is 12.0. The van der Waals surface area contributed by atoms with Gasteiger partial charge in [-0.05, 0) is 36.3 Å². The zero-order valence-electron chi connectivity index (χ0n) is 13.8. The normalized spacial score (nSPS) is 11.8. The van der Waals surface area contributed by atoms with Crippen molar-refractivity contribution in [3.63, 3.8) is 0 Å². The van der Waals surface area contributed by atoms with Gasteiger partial charge in [0.1, 0.15) is 0 Å². The second kappa shape index (κ2) is 9.03. The van der Waals surface area contributed by atoms with Gasteiger partial charge in [-0.2, -0.15) is 0 Å². The highest BCUT2D eigenvalue weighted by Crippen LogP contribution is 2.12. The third-order valence-electron chi connectivity index (χ3n) is 3.26. The Morgan fingerprint density at radius 2 is 1.64 bits per heavy atom. The van der Waals surface area contributed by atoms with Gasteiger partial charge < -0.3 is 10.4 Å². The van der Waals surface area contributed by atoms with Gasteiger partial charge in [0.15, 0.2) is 0 Å². The van der Waals surface area contributed by atoms with Crippen LogP contribution in [0.4, 0.5) is 5.69 Å². The summed E-state index contributed by atoms with van der Waals surface area (Å²) in [5, 5.41) is 11.4. The molecular weight excluding hydrogens is 314 g/mol. The summed E-state index contributed by atoms with van der Waals surface area (Å²) in [5.74, 6) is -1.27. The minimum atomic E-state index is -1.02. The molecule has 2 rings (SSSR count). The van der Waals surface area contributed by atoms with E-state index < -0.39 is 5.97 Å². The molecule has 0 fully saturated rings. The Bertz CT molecular complexity index is 833. The monoisotopic (exact) mass is 333 g/mol. The third kappa shape index (κ3) is 6.71. The van der Waals surface area contributed by atoms with Gasteiger partial charge in [0.2, 0.25) is 5.91 Å². The van der Waals surface area contributed by atoms with Gasteiger partial charge in [-0.3, -0.25) is 4.79 Å². The van der Waals surface area contributed by atoms with E-state index in [0.717, 1.165) is 17.2 Å². The largest absolute Gasteiger partial charge is 0.478 e. The molecule has 2 N–H and O–H groups in total. The van der Waals surface area contributed by atoms with Crippen LogP contribution in [0.1, 0.15) is 18.1 Å². The number of nitrogens with one attached hydrogen (secondary N) is 1. The molecule has 0 bridgehead atoms. The Morgan fingerprint density at radius 1 is 0.920 bits per heavy atom. The first-order valence-electron chi connectivity index (χ1n) is 7.76. The second-order valence-corrected chi connectivity index (χ2v) is 5.42. The number of carboxylic acid groups (broad SMARTS) is 1. The molecule has 1 amide bonds. The lowest BCUT2D eigenvalue weighted by Crippen LogP contribution is -2.07. The van der Waals surface area contributed by atoms with Gasteiger partial charge in [-0.25, -0.2) is 4.79 Å². The molecule has 0 aliphatic rings. The van der Waals surface area contributed by atoms with E-state index in [1.54, 1.807) is 30.3 Å². The van der Waals surface area contributed by atoms with Crippen molar-refractivity contribution in [3.8, 4) is 0 Å². The van der Waals surface area contributed by atoms with Crippen LogP contribution in [0.25, 0.3) is 12.2 Å². The van der Waals surface area contributed by atoms with Gasteiger partial charge in [0.05, 0.1) is 0 Å². The van der Waals surface area contributed by atoms with Crippen molar-refractivity contribution < 1.29 is 14.7 Å². The number of benzene rings is 2. The van der Waals surface area contributed by atoms with E-state index in [-0.39, 0.29) is 5.91 Å². The first kappa shape index (κ1) is 17.9. The maximum absolute atomic E-state index is 12.0. The summed E-state index contributed by atoms with van der Waals surface area (Å²) >= 11 is 0. The highest BCUT2D eigenvalue weighted by Gasteiger charge is 1.99. The van der Waals surface area contributed by atoms with E-state index in [9.17, 15) is 9.59 Å². The summed E-state index contributed by atoms with van der Waals surface area (Å²) in [6, 6.07) is 16.8. The molecule has 2 aromatic carbocycles. The van der Waals surface area contributed by atoms with Gasteiger partial charge >= 0.3 is 5.97 Å². The average Bonchev–Trinajstić information content (AvgIpc) is 2.59. The van der Waals surface area contributed by atoms with Crippen LogP contribution >= 0.6 is 0 Å². The van der Waals surface area contributed by atoms with Crippen LogP contribution < -0.4 is 5.32 Å². The summed E-state index contributed by atoms with van der Waals surface area (Å²) in [7, 11) is 0. The number of hydrogen-bond donors (Lipinski definition) is 2. The minimum absolute atomic E-state index is 0.250. The molecule has 25 heavy (non-hydrogen) atoms. The van der Waals surface area contributed by atoms with Crippen LogP contribution in [0.5, 0.6) is 0 Å². The van der Waals surface area contributed by atoms with Crippen LogP contribution in [-0.4, -0.2) is 17.0 Å². The van der Waals surface area contributed by atoms with Crippen molar-refractivity contribution in [1.29, 1.82) is 0 Å². The van der Waals surface area contributed by atoms with Gasteiger partial charge in [-0.1, -0.05) is 60.2 Å². The molecule has 0 unspecified atom stereocenters. The first-order valence-corrected chi connectivity index (χ1v) is 7.76. The van der Waals surface area contributed by atoms with E-state index >= 15 is 0 Å². The van der Waals surface area contributed by atoms with E-state index in [2.05, 4.69) is 5.32 Å². The summed E-state index contributed by atoms with van der Waals surface area (Å²) in [5.41, 5.74) is 3.33. The number of anilines is 1. The van der Waals surface area contributed by atoms with Crippen molar-refractivity contribution in [3.05, 3.63) is 89.5 Å². The van der Waals surface area contributed by atoms with Gasteiger partial charge in [0.25, 0.3) is 0 Å². The van der Waals surface area contributed by atoms with Crippen LogP contribution in [-0.2, 0) is 9.59 Å². The van der Waals surface area contributed by atoms with Gasteiger partial charge in [-0.15, -0.1) is 0 Å². The zero-order chi connectivity index (χ0) is 18.1. The van der Waals surface area contributed by atoms with Crippen LogP contribution in [0.15, 0.2) is 78.4 Å². The van der Waals surface area contributed by atoms with Crippen LogP contribution in [0.2, 0.25) is 0 Å². The van der Waals surface area contributed by atoms with Crippen molar-refractivity contribution in [2.45, 2.75) is 6.92 Å². The van der Waals surface area contributed by atoms with Crippen molar-refractivity contribution >= 4 is 29.7 Å². The van der Waals surface area contributed by atoms with E-state index in [4.69, 9.17) is 5.11 Å². The summed E-state index contributed by atoms with van der Waals surface area (Å²) < 4.78 is 0. The van der Waals surface area contributed by atoms with Crippen LogP contribution in [0.3, 0.4) is 0 Å². The Morgan fingerprint density at radius 3 is 2.36 bits per heavy atom. The second-order valence-electron chi connectivity index (χ2n) is 5.42. The molecule has 0 saturated heterocycles. The Labute approximate surface area is 146 Å². The van der Waals surface area contributed by atoms with Crippen LogP contribution in [0, 0.1) is 0 Å².